The van der Waals surface area contributed by atoms with E-state index in [1.807, 2.05) is 0 Å². The van der Waals surface area contributed by atoms with Crippen molar-refractivity contribution in [3.8, 4) is 0 Å². The maximum atomic E-state index is 13.1. The van der Waals surface area contributed by atoms with Crippen molar-refractivity contribution < 1.29 is 8.78 Å². The lowest BCUT2D eigenvalue weighted by Gasteiger charge is -2.26. The number of hydrogen-bond donors (Lipinski definition) is 2. The van der Waals surface area contributed by atoms with Gasteiger partial charge in [0, 0.05) is 12.6 Å². The van der Waals surface area contributed by atoms with Crippen LogP contribution in [0.3, 0.4) is 0 Å². The number of rotatable bonds is 6. The Hall–Kier alpha value is -1.00. The molecule has 1 saturated carbocycles. The van der Waals surface area contributed by atoms with Crippen molar-refractivity contribution in [1.82, 2.24) is 5.32 Å². The molecular weight excluding hydrogens is 234 g/mol. The van der Waals surface area contributed by atoms with Crippen LogP contribution in [-0.2, 0) is 0 Å². The molecule has 0 amide bonds. The molecule has 0 heterocycles. The second-order valence-corrected chi connectivity index (χ2v) is 5.00. The summed E-state index contributed by atoms with van der Waals surface area (Å²) < 4.78 is 26.0. The Morgan fingerprint density at radius 3 is 2.61 bits per heavy atom. The van der Waals surface area contributed by atoms with Gasteiger partial charge in [0.15, 0.2) is 11.6 Å². The largest absolute Gasteiger partial charge is 0.329 e. The molecule has 100 valence electrons. The predicted molar refractivity (Wildman–Crippen MR) is 68.1 cm³/mol. The lowest BCUT2D eigenvalue weighted by atomic mass is 9.83. The topological polar surface area (TPSA) is 38.0 Å². The average molecular weight is 254 g/mol. The fraction of sp³-hybridized carbons (Fsp3) is 0.571. The molecule has 1 aromatic rings. The van der Waals surface area contributed by atoms with Crippen molar-refractivity contribution in [3.05, 3.63) is 35.4 Å². The van der Waals surface area contributed by atoms with Gasteiger partial charge in [-0.2, -0.15) is 0 Å². The molecule has 1 unspecified atom stereocenters. The van der Waals surface area contributed by atoms with Gasteiger partial charge in [0.1, 0.15) is 0 Å². The molecule has 0 bridgehead atoms. The SMILES string of the molecule is NCC(NCCC1CCC1)c1ccc(F)c(F)c1. The van der Waals surface area contributed by atoms with Gasteiger partial charge in [0.25, 0.3) is 0 Å². The van der Waals surface area contributed by atoms with E-state index in [1.54, 1.807) is 6.07 Å². The molecule has 18 heavy (non-hydrogen) atoms. The average Bonchev–Trinajstić information content (AvgIpc) is 2.31. The van der Waals surface area contributed by atoms with Gasteiger partial charge < -0.3 is 11.1 Å². The third-order valence-electron chi connectivity index (χ3n) is 3.75. The third-order valence-corrected chi connectivity index (χ3v) is 3.75. The fourth-order valence-corrected chi connectivity index (χ4v) is 2.31. The van der Waals surface area contributed by atoms with E-state index in [4.69, 9.17) is 5.73 Å². The van der Waals surface area contributed by atoms with E-state index >= 15 is 0 Å². The standard InChI is InChI=1S/C14H20F2N2/c15-12-5-4-11(8-13(12)16)14(9-17)18-7-6-10-2-1-3-10/h4-5,8,10,14,18H,1-3,6-7,9,17H2. The summed E-state index contributed by atoms with van der Waals surface area (Å²) in [7, 11) is 0. The summed E-state index contributed by atoms with van der Waals surface area (Å²) in [6.07, 6.45) is 5.12. The Labute approximate surface area is 107 Å². The van der Waals surface area contributed by atoms with Crippen LogP contribution < -0.4 is 11.1 Å². The minimum Gasteiger partial charge on any atom is -0.329 e. The van der Waals surface area contributed by atoms with Crippen LogP contribution in [-0.4, -0.2) is 13.1 Å². The van der Waals surface area contributed by atoms with E-state index in [9.17, 15) is 8.78 Å². The molecule has 1 aliphatic rings. The van der Waals surface area contributed by atoms with Crippen LogP contribution in [0.4, 0.5) is 8.78 Å². The van der Waals surface area contributed by atoms with Gasteiger partial charge in [0.2, 0.25) is 0 Å². The van der Waals surface area contributed by atoms with Crippen molar-refractivity contribution in [3.63, 3.8) is 0 Å². The molecular formula is C14H20F2N2. The molecule has 4 heteroatoms. The zero-order valence-electron chi connectivity index (χ0n) is 10.5. The van der Waals surface area contributed by atoms with Crippen LogP contribution >= 0.6 is 0 Å². The molecule has 0 aromatic heterocycles. The molecule has 2 rings (SSSR count). The Kier molecular flexibility index (Phi) is 4.66. The van der Waals surface area contributed by atoms with Crippen molar-refractivity contribution in [2.24, 2.45) is 11.7 Å². The molecule has 1 aliphatic carbocycles. The van der Waals surface area contributed by atoms with Crippen molar-refractivity contribution in [1.29, 1.82) is 0 Å². The van der Waals surface area contributed by atoms with Crippen LogP contribution in [0, 0.1) is 17.6 Å². The van der Waals surface area contributed by atoms with E-state index < -0.39 is 11.6 Å². The second kappa shape index (κ2) is 6.25. The summed E-state index contributed by atoms with van der Waals surface area (Å²) in [5.74, 6) is -0.795. The van der Waals surface area contributed by atoms with E-state index in [0.717, 1.165) is 24.9 Å². The molecule has 3 N–H and O–H groups in total. The summed E-state index contributed by atoms with van der Waals surface area (Å²) >= 11 is 0. The lowest BCUT2D eigenvalue weighted by Crippen LogP contribution is -2.30. The number of nitrogens with one attached hydrogen (secondary N) is 1. The second-order valence-electron chi connectivity index (χ2n) is 5.00. The first-order valence-electron chi connectivity index (χ1n) is 6.59. The first-order chi connectivity index (χ1) is 8.70. The fourth-order valence-electron chi connectivity index (χ4n) is 2.31. The molecule has 0 radical (unpaired) electrons. The van der Waals surface area contributed by atoms with Crippen molar-refractivity contribution >= 4 is 0 Å². The van der Waals surface area contributed by atoms with Gasteiger partial charge in [-0.25, -0.2) is 8.78 Å². The minimum atomic E-state index is -0.816. The zero-order chi connectivity index (χ0) is 13.0. The Bertz CT molecular complexity index is 391. The van der Waals surface area contributed by atoms with Crippen LogP contribution in [0.15, 0.2) is 18.2 Å². The number of nitrogens with two attached hydrogens (primary N) is 1. The number of halogens is 2. The number of benzene rings is 1. The quantitative estimate of drug-likeness (QED) is 0.819. The van der Waals surface area contributed by atoms with E-state index in [1.165, 1.54) is 25.3 Å². The Morgan fingerprint density at radius 1 is 1.28 bits per heavy atom. The molecule has 0 spiro atoms. The summed E-state index contributed by atoms with van der Waals surface area (Å²) in [6, 6.07) is 3.87. The highest BCUT2D eigenvalue weighted by Crippen LogP contribution is 2.29. The smallest absolute Gasteiger partial charge is 0.159 e. The van der Waals surface area contributed by atoms with Crippen LogP contribution in [0.1, 0.15) is 37.3 Å². The van der Waals surface area contributed by atoms with Crippen molar-refractivity contribution in [2.75, 3.05) is 13.1 Å². The Balaban J connectivity index is 1.87. The van der Waals surface area contributed by atoms with E-state index in [2.05, 4.69) is 5.32 Å². The van der Waals surface area contributed by atoms with Crippen LogP contribution in [0.5, 0.6) is 0 Å². The van der Waals surface area contributed by atoms with Gasteiger partial charge in [0.05, 0.1) is 0 Å². The van der Waals surface area contributed by atoms with Crippen molar-refractivity contribution in [2.45, 2.75) is 31.7 Å². The first-order valence-corrected chi connectivity index (χ1v) is 6.59. The maximum Gasteiger partial charge on any atom is 0.159 e. The van der Waals surface area contributed by atoms with Gasteiger partial charge >= 0.3 is 0 Å². The van der Waals surface area contributed by atoms with E-state index in [-0.39, 0.29) is 6.04 Å². The van der Waals surface area contributed by atoms with Crippen LogP contribution in [0.25, 0.3) is 0 Å². The van der Waals surface area contributed by atoms with E-state index in [0.29, 0.717) is 12.1 Å². The van der Waals surface area contributed by atoms with Gasteiger partial charge in [-0.15, -0.1) is 0 Å². The first kappa shape index (κ1) is 13.4. The molecule has 1 atom stereocenters. The monoisotopic (exact) mass is 254 g/mol. The minimum absolute atomic E-state index is 0.0971. The van der Waals surface area contributed by atoms with Crippen LogP contribution in [0.2, 0.25) is 0 Å². The highest BCUT2D eigenvalue weighted by Gasteiger charge is 2.18. The summed E-state index contributed by atoms with van der Waals surface area (Å²) in [5, 5.41) is 3.32. The molecule has 1 fully saturated rings. The normalized spacial score (nSPS) is 17.5. The van der Waals surface area contributed by atoms with Gasteiger partial charge in [-0.1, -0.05) is 25.3 Å². The third kappa shape index (κ3) is 3.27. The predicted octanol–water partition coefficient (Wildman–Crippen LogP) is 2.74. The molecule has 0 saturated heterocycles. The Morgan fingerprint density at radius 2 is 2.06 bits per heavy atom. The molecule has 0 aliphatic heterocycles. The molecule has 1 aromatic carbocycles. The summed E-state index contributed by atoms with van der Waals surface area (Å²) in [6.45, 7) is 1.27. The maximum absolute atomic E-state index is 13.1. The molecule has 2 nitrogen and oxygen atoms in total. The summed E-state index contributed by atoms with van der Waals surface area (Å²) in [4.78, 5) is 0. The highest BCUT2D eigenvalue weighted by atomic mass is 19.2. The number of hydrogen-bond acceptors (Lipinski definition) is 2. The van der Waals surface area contributed by atoms with Gasteiger partial charge in [-0.3, -0.25) is 0 Å². The summed E-state index contributed by atoms with van der Waals surface area (Å²) in [5.41, 5.74) is 6.39. The van der Waals surface area contributed by atoms with Gasteiger partial charge in [-0.05, 0) is 36.6 Å². The zero-order valence-corrected chi connectivity index (χ0v) is 10.5. The lowest BCUT2D eigenvalue weighted by molar-refractivity contribution is 0.287. The highest BCUT2D eigenvalue weighted by molar-refractivity contribution is 5.21.